The van der Waals surface area contributed by atoms with Gasteiger partial charge in [-0.3, -0.25) is 14.6 Å². The van der Waals surface area contributed by atoms with E-state index in [9.17, 15) is 9.59 Å². The molecule has 0 unspecified atom stereocenters. The third-order valence-corrected chi connectivity index (χ3v) is 5.28. The maximum atomic E-state index is 12.5. The average Bonchev–Trinajstić information content (AvgIpc) is 2.80. The van der Waals surface area contributed by atoms with E-state index in [2.05, 4.69) is 20.6 Å². The third-order valence-electron chi connectivity index (χ3n) is 5.28. The first-order valence-electron chi connectivity index (χ1n) is 10.3. The molecule has 152 valence electrons. The van der Waals surface area contributed by atoms with Gasteiger partial charge in [-0.25, -0.2) is 4.98 Å². The molecule has 0 spiro atoms. The number of anilines is 1. The number of hydrogen-bond donors (Lipinski definition) is 2. The fourth-order valence-corrected chi connectivity index (χ4v) is 3.64. The van der Waals surface area contributed by atoms with E-state index in [1.54, 1.807) is 18.3 Å². The second-order valence-corrected chi connectivity index (χ2v) is 7.50. The largest absolute Gasteiger partial charge is 0.349 e. The second-order valence-electron chi connectivity index (χ2n) is 7.50. The van der Waals surface area contributed by atoms with Gasteiger partial charge < -0.3 is 10.6 Å². The van der Waals surface area contributed by atoms with E-state index in [1.807, 2.05) is 42.5 Å². The topological polar surface area (TPSA) is 84.0 Å². The van der Waals surface area contributed by atoms with E-state index >= 15 is 0 Å². The summed E-state index contributed by atoms with van der Waals surface area (Å²) >= 11 is 0. The molecule has 1 aliphatic rings. The van der Waals surface area contributed by atoms with Gasteiger partial charge in [-0.05, 0) is 37.1 Å². The first-order chi connectivity index (χ1) is 14.7. The number of hydrogen-bond acceptors (Lipinski definition) is 4. The minimum atomic E-state index is -0.320. The van der Waals surface area contributed by atoms with Crippen LogP contribution < -0.4 is 10.6 Å². The highest BCUT2D eigenvalue weighted by atomic mass is 16.2. The first kappa shape index (κ1) is 19.8. The molecule has 30 heavy (non-hydrogen) atoms. The van der Waals surface area contributed by atoms with E-state index in [0.29, 0.717) is 16.9 Å². The maximum Gasteiger partial charge on any atom is 0.275 e. The summed E-state index contributed by atoms with van der Waals surface area (Å²) in [5.41, 5.74) is 2.93. The molecule has 2 amide bonds. The number of nitrogens with zero attached hydrogens (tertiary/aromatic N) is 2. The van der Waals surface area contributed by atoms with Crippen LogP contribution in [0.1, 0.15) is 53.0 Å². The van der Waals surface area contributed by atoms with Gasteiger partial charge in [0.05, 0.1) is 18.1 Å². The summed E-state index contributed by atoms with van der Waals surface area (Å²) < 4.78 is 0. The molecular weight excluding hydrogens is 376 g/mol. The van der Waals surface area contributed by atoms with E-state index < -0.39 is 0 Å². The number of para-hydroxylation sites is 1. The zero-order valence-electron chi connectivity index (χ0n) is 16.7. The molecular formula is C24H24N4O2. The lowest BCUT2D eigenvalue weighted by Crippen LogP contribution is -2.36. The van der Waals surface area contributed by atoms with Crippen LogP contribution in [0, 0.1) is 0 Å². The van der Waals surface area contributed by atoms with Crippen molar-refractivity contribution in [2.75, 3.05) is 5.32 Å². The van der Waals surface area contributed by atoms with Crippen molar-refractivity contribution in [2.24, 2.45) is 0 Å². The van der Waals surface area contributed by atoms with Gasteiger partial charge in [0.2, 0.25) is 0 Å². The summed E-state index contributed by atoms with van der Waals surface area (Å²) in [4.78, 5) is 33.5. The Morgan fingerprint density at radius 1 is 0.833 bits per heavy atom. The first-order valence-corrected chi connectivity index (χ1v) is 10.3. The Balaban J connectivity index is 1.44. The van der Waals surface area contributed by atoms with Crippen LogP contribution in [0.25, 0.3) is 11.3 Å². The summed E-state index contributed by atoms with van der Waals surface area (Å²) in [5.74, 6) is -0.366. The van der Waals surface area contributed by atoms with Crippen LogP contribution in [0.3, 0.4) is 0 Å². The third kappa shape index (κ3) is 4.89. The zero-order valence-corrected chi connectivity index (χ0v) is 16.7. The summed E-state index contributed by atoms with van der Waals surface area (Å²) in [6.07, 6.45) is 8.76. The van der Waals surface area contributed by atoms with Crippen molar-refractivity contribution in [3.63, 3.8) is 0 Å². The van der Waals surface area contributed by atoms with Crippen molar-refractivity contribution >= 4 is 17.5 Å². The molecule has 0 radical (unpaired) electrons. The summed E-state index contributed by atoms with van der Waals surface area (Å²) in [5, 5.41) is 5.93. The van der Waals surface area contributed by atoms with Crippen LogP contribution in [0.2, 0.25) is 0 Å². The number of rotatable bonds is 5. The molecule has 2 N–H and O–H groups in total. The zero-order chi connectivity index (χ0) is 20.8. The Morgan fingerprint density at radius 3 is 2.30 bits per heavy atom. The highest BCUT2D eigenvalue weighted by Gasteiger charge is 2.17. The Kier molecular flexibility index (Phi) is 6.13. The molecule has 1 aliphatic carbocycles. The average molecular weight is 400 g/mol. The molecule has 1 heterocycles. The SMILES string of the molecule is O=C(NC1CCCCC1)c1ccc(-c2cncc(C(=O)Nc3ccccc3)n2)cc1. The van der Waals surface area contributed by atoms with E-state index in [0.717, 1.165) is 18.4 Å². The standard InChI is InChI=1S/C24H24N4O2/c29-23(26-19-7-3-1-4-8-19)18-13-11-17(12-14-18)21-15-25-16-22(28-21)24(30)27-20-9-5-2-6-10-20/h2,5-6,9-16,19H,1,3-4,7-8H2,(H,26,29)(H,27,30). The van der Waals surface area contributed by atoms with Crippen LogP contribution in [-0.2, 0) is 0 Å². The molecule has 2 aromatic carbocycles. The number of nitrogens with one attached hydrogen (secondary N) is 2. The van der Waals surface area contributed by atoms with Gasteiger partial charge in [-0.1, -0.05) is 49.6 Å². The number of benzene rings is 2. The minimum absolute atomic E-state index is 0.0458. The van der Waals surface area contributed by atoms with E-state index in [4.69, 9.17) is 0 Å². The van der Waals surface area contributed by atoms with Crippen molar-refractivity contribution in [1.29, 1.82) is 0 Å². The van der Waals surface area contributed by atoms with Crippen LogP contribution in [0.4, 0.5) is 5.69 Å². The second kappa shape index (κ2) is 9.31. The lowest BCUT2D eigenvalue weighted by atomic mass is 9.95. The highest BCUT2D eigenvalue weighted by molar-refractivity contribution is 6.03. The Morgan fingerprint density at radius 2 is 1.57 bits per heavy atom. The maximum absolute atomic E-state index is 12.5. The predicted molar refractivity (Wildman–Crippen MR) is 116 cm³/mol. The monoisotopic (exact) mass is 400 g/mol. The fraction of sp³-hybridized carbons (Fsp3) is 0.250. The van der Waals surface area contributed by atoms with Gasteiger partial charge in [0, 0.05) is 22.9 Å². The number of amides is 2. The van der Waals surface area contributed by atoms with Gasteiger partial charge in [-0.2, -0.15) is 0 Å². The number of carbonyl (C=O) groups excluding carboxylic acids is 2. The fourth-order valence-electron chi connectivity index (χ4n) is 3.64. The van der Waals surface area contributed by atoms with Crippen molar-refractivity contribution in [2.45, 2.75) is 38.1 Å². The molecule has 6 heteroatoms. The Hall–Kier alpha value is -3.54. The van der Waals surface area contributed by atoms with Crippen LogP contribution >= 0.6 is 0 Å². The molecule has 4 rings (SSSR count). The normalized spacial score (nSPS) is 14.1. The predicted octanol–water partition coefficient (Wildman–Crippen LogP) is 4.46. The van der Waals surface area contributed by atoms with Crippen LogP contribution in [0.15, 0.2) is 67.0 Å². The minimum Gasteiger partial charge on any atom is -0.349 e. The molecule has 0 aliphatic heterocycles. The highest BCUT2D eigenvalue weighted by Crippen LogP contribution is 2.20. The molecule has 3 aromatic rings. The lowest BCUT2D eigenvalue weighted by Gasteiger charge is -2.22. The van der Waals surface area contributed by atoms with Gasteiger partial charge in [0.25, 0.3) is 11.8 Å². The molecule has 1 fully saturated rings. The van der Waals surface area contributed by atoms with Crippen LogP contribution in [0.5, 0.6) is 0 Å². The van der Waals surface area contributed by atoms with Crippen LogP contribution in [-0.4, -0.2) is 27.8 Å². The number of aromatic nitrogens is 2. The molecule has 1 aromatic heterocycles. The molecule has 0 atom stereocenters. The molecule has 1 saturated carbocycles. The van der Waals surface area contributed by atoms with E-state index in [-0.39, 0.29) is 23.6 Å². The summed E-state index contributed by atoms with van der Waals surface area (Å²) in [6, 6.07) is 16.7. The number of carbonyl (C=O) groups is 2. The van der Waals surface area contributed by atoms with Gasteiger partial charge >= 0.3 is 0 Å². The van der Waals surface area contributed by atoms with Crippen molar-refractivity contribution in [1.82, 2.24) is 15.3 Å². The Bertz CT molecular complexity index is 1010. The quantitative estimate of drug-likeness (QED) is 0.662. The van der Waals surface area contributed by atoms with Gasteiger partial charge in [-0.15, -0.1) is 0 Å². The molecule has 0 bridgehead atoms. The molecule has 6 nitrogen and oxygen atoms in total. The Labute approximate surface area is 175 Å². The van der Waals surface area contributed by atoms with Gasteiger partial charge in [0.1, 0.15) is 5.69 Å². The van der Waals surface area contributed by atoms with Crippen molar-refractivity contribution in [3.05, 3.63) is 78.2 Å². The molecule has 0 saturated heterocycles. The van der Waals surface area contributed by atoms with Crippen molar-refractivity contribution in [3.8, 4) is 11.3 Å². The van der Waals surface area contributed by atoms with E-state index in [1.165, 1.54) is 25.5 Å². The summed E-state index contributed by atoms with van der Waals surface area (Å²) in [6.45, 7) is 0. The van der Waals surface area contributed by atoms with Gasteiger partial charge in [0.15, 0.2) is 0 Å². The lowest BCUT2D eigenvalue weighted by molar-refractivity contribution is 0.0927. The summed E-state index contributed by atoms with van der Waals surface area (Å²) in [7, 11) is 0. The smallest absolute Gasteiger partial charge is 0.275 e. The van der Waals surface area contributed by atoms with Crippen molar-refractivity contribution < 1.29 is 9.59 Å².